The molecule has 3 amide bonds. The van der Waals surface area contributed by atoms with Gasteiger partial charge in [-0.1, -0.05) is 12.8 Å². The van der Waals surface area contributed by atoms with Gasteiger partial charge in [-0.2, -0.15) is 0 Å². The van der Waals surface area contributed by atoms with Crippen LogP contribution in [0.5, 0.6) is 0 Å². The molecule has 2 aliphatic heterocycles. The summed E-state index contributed by atoms with van der Waals surface area (Å²) in [6.45, 7) is -2.79. The van der Waals surface area contributed by atoms with Crippen LogP contribution in [0.25, 0.3) is 0 Å². The first kappa shape index (κ1) is 17.2. The van der Waals surface area contributed by atoms with Crippen molar-refractivity contribution in [2.45, 2.75) is 48.1 Å². The summed E-state index contributed by atoms with van der Waals surface area (Å²) < 4.78 is 46.8. The summed E-state index contributed by atoms with van der Waals surface area (Å²) >= 11 is 0. The van der Waals surface area contributed by atoms with E-state index in [0.717, 1.165) is 19.1 Å². The second-order valence-electron chi connectivity index (χ2n) is 8.48. The molecule has 0 aromatic heterocycles. The molecular weight excluding hydrogens is 408 g/mol. The summed E-state index contributed by atoms with van der Waals surface area (Å²) in [5, 5.41) is 5.09. The molecule has 10 heteroatoms. The highest BCUT2D eigenvalue weighted by atomic mass is 32.2. The van der Waals surface area contributed by atoms with Gasteiger partial charge in [0, 0.05) is 22.6 Å². The summed E-state index contributed by atoms with van der Waals surface area (Å²) in [7, 11) is -3.57. The van der Waals surface area contributed by atoms with Gasteiger partial charge in [0.05, 0.1) is 16.4 Å². The fraction of sp³-hybridized carbons (Fsp3) is 0.550. The normalized spacial score (nSPS) is 28.4. The van der Waals surface area contributed by atoms with Gasteiger partial charge >= 0.3 is 0 Å². The zero-order valence-corrected chi connectivity index (χ0v) is 17.3. The number of anilines is 1. The van der Waals surface area contributed by atoms with Crippen molar-refractivity contribution in [2.24, 2.45) is 11.7 Å². The number of rotatable bonds is 6. The van der Waals surface area contributed by atoms with Gasteiger partial charge in [-0.15, -0.1) is 0 Å². The molecule has 2 fully saturated rings. The number of nitrogens with zero attached hydrogens (tertiary/aromatic N) is 1. The van der Waals surface area contributed by atoms with Crippen LogP contribution in [-0.2, 0) is 29.6 Å². The quantitative estimate of drug-likeness (QED) is 0.561. The van der Waals surface area contributed by atoms with Gasteiger partial charge in [0.25, 0.3) is 0 Å². The van der Waals surface area contributed by atoms with Gasteiger partial charge in [-0.05, 0) is 49.5 Å². The number of sulfone groups is 1. The molecule has 4 rings (SSSR count). The largest absolute Gasteiger partial charge is 0.368 e. The zero-order chi connectivity index (χ0) is 24.3. The van der Waals surface area contributed by atoms with Crippen LogP contribution in [0, 0.1) is 5.92 Å². The van der Waals surface area contributed by atoms with Crippen LogP contribution in [0.4, 0.5) is 5.69 Å². The van der Waals surface area contributed by atoms with E-state index in [-0.39, 0.29) is 23.8 Å². The Hall–Kier alpha value is -2.46. The average molecular weight is 438 g/mol. The van der Waals surface area contributed by atoms with Crippen LogP contribution in [0.15, 0.2) is 23.1 Å². The number of carbonyl (C=O) groups is 3. The molecule has 1 spiro atoms. The maximum Gasteiger partial charge on any atom is 0.240 e. The second kappa shape index (κ2) is 7.05. The molecule has 2 heterocycles. The van der Waals surface area contributed by atoms with Crippen LogP contribution in [0.1, 0.15) is 35.4 Å². The first-order valence-corrected chi connectivity index (χ1v) is 11.6. The Balaban J connectivity index is 1.72. The van der Waals surface area contributed by atoms with Gasteiger partial charge < -0.3 is 21.3 Å². The second-order valence-corrected chi connectivity index (χ2v) is 10.5. The van der Waals surface area contributed by atoms with Crippen molar-refractivity contribution in [3.63, 3.8) is 0 Å². The Bertz CT molecular complexity index is 1130. The predicted octanol–water partition coefficient (Wildman–Crippen LogP) is -0.246. The molecule has 162 valence electrons. The molecule has 3 aliphatic rings. The molecule has 1 saturated heterocycles. The van der Waals surface area contributed by atoms with Crippen LogP contribution < -0.4 is 16.4 Å². The van der Waals surface area contributed by atoms with E-state index in [1.165, 1.54) is 23.1 Å². The molecule has 9 nitrogen and oxygen atoms in total. The minimum atomic E-state index is -3.57. The zero-order valence-electron chi connectivity index (χ0n) is 19.5. The first-order valence-electron chi connectivity index (χ1n) is 11.2. The molecule has 1 aromatic carbocycles. The van der Waals surface area contributed by atoms with Crippen molar-refractivity contribution in [3.8, 4) is 0 Å². The molecular formula is C20H26N4O5S. The summed E-state index contributed by atoms with van der Waals surface area (Å²) in [6, 6.07) is 2.04. The summed E-state index contributed by atoms with van der Waals surface area (Å²) in [5.74, 6) is -1.68. The Morgan fingerprint density at radius 2 is 2.17 bits per heavy atom. The number of primary amides is 1. The lowest BCUT2D eigenvalue weighted by Crippen LogP contribution is -2.51. The number of hydrogen-bond acceptors (Lipinski definition) is 6. The maximum atomic E-state index is 13.5. The number of carbonyl (C=O) groups excluding carboxylic acids is 3. The molecule has 30 heavy (non-hydrogen) atoms. The number of amides is 3. The van der Waals surface area contributed by atoms with E-state index in [2.05, 4.69) is 10.6 Å². The summed E-state index contributed by atoms with van der Waals surface area (Å²) in [5.41, 5.74) is 5.00. The van der Waals surface area contributed by atoms with Crippen LogP contribution in [-0.4, -0.2) is 62.9 Å². The molecule has 0 bridgehead atoms. The molecule has 4 N–H and O–H groups in total. The lowest BCUT2D eigenvalue weighted by molar-refractivity contribution is -0.139. The minimum absolute atomic E-state index is 0.00760. The number of benzene rings is 1. The average Bonchev–Trinajstić information content (AvgIpc) is 3.34. The Morgan fingerprint density at radius 1 is 1.43 bits per heavy atom. The number of likely N-dealkylation sites (N-methyl/N-ethyl adjacent to an activating group) is 1. The van der Waals surface area contributed by atoms with E-state index in [9.17, 15) is 22.8 Å². The van der Waals surface area contributed by atoms with Gasteiger partial charge in [0.1, 0.15) is 6.04 Å². The fourth-order valence-electron chi connectivity index (χ4n) is 4.48. The van der Waals surface area contributed by atoms with Crippen LogP contribution in [0.3, 0.4) is 0 Å². The summed E-state index contributed by atoms with van der Waals surface area (Å²) in [4.78, 5) is 40.0. The third kappa shape index (κ3) is 3.37. The Morgan fingerprint density at radius 3 is 2.77 bits per heavy atom. The number of hydrogen-bond donors (Lipinski definition) is 3. The van der Waals surface area contributed by atoms with E-state index < -0.39 is 52.0 Å². The Labute approximate surface area is 179 Å². The molecule has 1 saturated carbocycles. The van der Waals surface area contributed by atoms with Crippen LogP contribution in [0.2, 0.25) is 0 Å². The monoisotopic (exact) mass is 437 g/mol. The van der Waals surface area contributed by atoms with Crippen molar-refractivity contribution in [1.82, 2.24) is 10.2 Å². The maximum absolute atomic E-state index is 13.5. The van der Waals surface area contributed by atoms with Crippen molar-refractivity contribution in [2.75, 3.05) is 25.1 Å². The number of nitrogens with one attached hydrogen (secondary N) is 2. The molecule has 1 aliphatic carbocycles. The smallest absolute Gasteiger partial charge is 0.240 e. The van der Waals surface area contributed by atoms with E-state index in [1.54, 1.807) is 0 Å². The highest BCUT2D eigenvalue weighted by molar-refractivity contribution is 7.90. The molecule has 2 unspecified atom stereocenters. The summed E-state index contributed by atoms with van der Waals surface area (Å²) in [6.07, 6.45) is 3.00. The van der Waals surface area contributed by atoms with Gasteiger partial charge in [0.15, 0.2) is 9.84 Å². The van der Waals surface area contributed by atoms with Gasteiger partial charge in [-0.3, -0.25) is 14.4 Å². The van der Waals surface area contributed by atoms with Crippen molar-refractivity contribution in [1.29, 1.82) is 0 Å². The molecule has 0 radical (unpaired) electrons. The van der Waals surface area contributed by atoms with Gasteiger partial charge in [-0.25, -0.2) is 8.42 Å². The number of likely N-dealkylation sites (tertiary alicyclic amines) is 1. The fourth-order valence-corrected chi connectivity index (χ4v) is 5.13. The minimum Gasteiger partial charge on any atom is -0.368 e. The lowest BCUT2D eigenvalue weighted by atomic mass is 9.79. The van der Waals surface area contributed by atoms with Crippen molar-refractivity contribution in [3.05, 3.63) is 23.8 Å². The molecule has 1 aromatic rings. The van der Waals surface area contributed by atoms with E-state index in [1.807, 2.05) is 0 Å². The third-order valence-electron chi connectivity index (χ3n) is 6.33. The highest BCUT2D eigenvalue weighted by Gasteiger charge is 2.57. The standard InChI is InChI=1S/C20H26N4O5S/c1-22-15(7-11-3-4-11)18(26)24-10-20(9-16(24)17(21)25)13-8-12(30(2,28)29)5-6-14(13)23-19(20)27/h5-6,8,11,15-16,22H,3-4,7,9-10H2,1-2H3,(H2,21,25)(H,23,27)/t15-,16?,20?/m0/s1/i1D3. The van der Waals surface area contributed by atoms with Crippen molar-refractivity contribution < 1.29 is 26.9 Å². The molecule has 3 atom stereocenters. The topological polar surface area (TPSA) is 139 Å². The highest BCUT2D eigenvalue weighted by Crippen LogP contribution is 2.47. The number of nitrogens with two attached hydrogens (primary N) is 1. The van der Waals surface area contributed by atoms with E-state index in [0.29, 0.717) is 17.7 Å². The number of fused-ring (bicyclic) bond motifs is 2. The first-order chi connectivity index (χ1) is 15.2. The van der Waals surface area contributed by atoms with Crippen LogP contribution >= 0.6 is 0 Å². The predicted molar refractivity (Wildman–Crippen MR) is 109 cm³/mol. The SMILES string of the molecule is [2H]C([2H])([2H])N[C@@H](CC1CC1)C(=O)N1CC2(CC1C(N)=O)C(=O)Nc1ccc(S(C)(=O)=O)cc12. The van der Waals surface area contributed by atoms with E-state index in [4.69, 9.17) is 9.85 Å². The lowest BCUT2D eigenvalue weighted by Gasteiger charge is -2.28. The third-order valence-corrected chi connectivity index (χ3v) is 7.44. The van der Waals surface area contributed by atoms with Crippen molar-refractivity contribution >= 4 is 33.2 Å². The van der Waals surface area contributed by atoms with E-state index >= 15 is 0 Å². The Kier molecular flexibility index (Phi) is 4.05. The van der Waals surface area contributed by atoms with Gasteiger partial charge in [0.2, 0.25) is 17.7 Å².